The number of nitrogens with one attached hydrogen (secondary N) is 3. The molecule has 0 radical (unpaired) electrons. The van der Waals surface area contributed by atoms with Gasteiger partial charge in [0.1, 0.15) is 12.1 Å². The summed E-state index contributed by atoms with van der Waals surface area (Å²) < 4.78 is 5.25. The molecule has 0 spiro atoms. The molecule has 6 nitrogen and oxygen atoms in total. The number of carbonyl (C=O) groups excluding carboxylic acids is 2. The van der Waals surface area contributed by atoms with Crippen LogP contribution in [0.25, 0.3) is 0 Å². The molecular weight excluding hydrogens is 198 g/mol. The third-order valence-corrected chi connectivity index (χ3v) is 2.22. The van der Waals surface area contributed by atoms with E-state index in [1.165, 1.54) is 7.05 Å². The van der Waals surface area contributed by atoms with Gasteiger partial charge in [0.05, 0.1) is 6.61 Å². The molecule has 0 aromatic heterocycles. The van der Waals surface area contributed by atoms with Crippen LogP contribution in [-0.4, -0.2) is 50.7 Å². The summed E-state index contributed by atoms with van der Waals surface area (Å²) >= 11 is 0. The van der Waals surface area contributed by atoms with E-state index < -0.39 is 12.1 Å². The smallest absolute Gasteiger partial charge is 0.251 e. The Hall–Kier alpha value is -1.14. The largest absolute Gasteiger partial charge is 0.366 e. The summed E-state index contributed by atoms with van der Waals surface area (Å²) in [6.45, 7) is 3.40. The van der Waals surface area contributed by atoms with Crippen molar-refractivity contribution in [1.82, 2.24) is 16.0 Å². The Labute approximate surface area is 88.7 Å². The van der Waals surface area contributed by atoms with Crippen LogP contribution in [0.2, 0.25) is 0 Å². The molecule has 86 valence electrons. The van der Waals surface area contributed by atoms with Gasteiger partial charge >= 0.3 is 0 Å². The minimum absolute atomic E-state index is 0.216. The molecule has 1 heterocycles. The van der Waals surface area contributed by atoms with Crippen LogP contribution in [0.5, 0.6) is 0 Å². The van der Waals surface area contributed by atoms with E-state index in [2.05, 4.69) is 16.0 Å². The number of hydrogen-bond acceptors (Lipinski definition) is 4. The first-order chi connectivity index (χ1) is 7.15. The second kappa shape index (κ2) is 5.67. The number of hydrogen-bond donors (Lipinski definition) is 3. The molecule has 0 saturated carbocycles. The minimum atomic E-state index is -0.534. The lowest BCUT2D eigenvalue weighted by Crippen LogP contribution is -2.52. The van der Waals surface area contributed by atoms with E-state index in [0.29, 0.717) is 13.2 Å². The van der Waals surface area contributed by atoms with E-state index in [0.717, 1.165) is 6.54 Å². The van der Waals surface area contributed by atoms with Crippen LogP contribution in [0.15, 0.2) is 0 Å². The molecule has 1 rings (SSSR count). The molecule has 3 N–H and O–H groups in total. The second-order valence-electron chi connectivity index (χ2n) is 3.41. The molecule has 6 heteroatoms. The van der Waals surface area contributed by atoms with Gasteiger partial charge in [-0.05, 0) is 6.92 Å². The summed E-state index contributed by atoms with van der Waals surface area (Å²) in [4.78, 5) is 22.7. The van der Waals surface area contributed by atoms with Crippen molar-refractivity contribution in [1.29, 1.82) is 0 Å². The van der Waals surface area contributed by atoms with Crippen molar-refractivity contribution in [2.24, 2.45) is 0 Å². The Balaban J connectivity index is 2.36. The monoisotopic (exact) mass is 215 g/mol. The number of morpholine rings is 1. The number of ether oxygens (including phenoxy) is 1. The molecular formula is C9H17N3O3. The van der Waals surface area contributed by atoms with Crippen LogP contribution in [0.4, 0.5) is 0 Å². The highest BCUT2D eigenvalue weighted by Crippen LogP contribution is 1.96. The maximum Gasteiger partial charge on any atom is 0.251 e. The normalized spacial score (nSPS) is 22.9. The van der Waals surface area contributed by atoms with Crippen LogP contribution >= 0.6 is 0 Å². The van der Waals surface area contributed by atoms with Gasteiger partial charge in [0.2, 0.25) is 5.91 Å². The fourth-order valence-corrected chi connectivity index (χ4v) is 1.32. The van der Waals surface area contributed by atoms with Crippen LogP contribution in [-0.2, 0) is 14.3 Å². The third-order valence-electron chi connectivity index (χ3n) is 2.22. The van der Waals surface area contributed by atoms with Crippen molar-refractivity contribution in [2.75, 3.05) is 26.7 Å². The van der Waals surface area contributed by atoms with Crippen molar-refractivity contribution < 1.29 is 14.3 Å². The van der Waals surface area contributed by atoms with Gasteiger partial charge in [0.15, 0.2) is 0 Å². The highest BCUT2D eigenvalue weighted by molar-refractivity contribution is 5.89. The zero-order chi connectivity index (χ0) is 11.3. The van der Waals surface area contributed by atoms with Crippen LogP contribution in [0, 0.1) is 0 Å². The molecule has 0 aromatic rings. The average Bonchev–Trinajstić information content (AvgIpc) is 2.29. The van der Waals surface area contributed by atoms with Gasteiger partial charge in [-0.3, -0.25) is 9.59 Å². The van der Waals surface area contributed by atoms with E-state index in [1.807, 2.05) is 0 Å². The zero-order valence-electron chi connectivity index (χ0n) is 9.00. The molecule has 0 bridgehead atoms. The molecule has 0 aliphatic carbocycles. The lowest BCUT2D eigenvalue weighted by atomic mass is 10.2. The van der Waals surface area contributed by atoms with E-state index in [9.17, 15) is 9.59 Å². The Bertz CT molecular complexity index is 239. The van der Waals surface area contributed by atoms with Gasteiger partial charge in [-0.25, -0.2) is 0 Å². The highest BCUT2D eigenvalue weighted by atomic mass is 16.5. The molecule has 1 fully saturated rings. The number of carbonyl (C=O) groups is 2. The summed E-state index contributed by atoms with van der Waals surface area (Å²) in [5.41, 5.74) is 0. The number of amides is 2. The predicted molar refractivity (Wildman–Crippen MR) is 54.3 cm³/mol. The van der Waals surface area contributed by atoms with Gasteiger partial charge in [-0.15, -0.1) is 0 Å². The summed E-state index contributed by atoms with van der Waals surface area (Å²) in [5.74, 6) is -0.467. The Morgan fingerprint density at radius 1 is 1.53 bits per heavy atom. The molecule has 1 saturated heterocycles. The predicted octanol–water partition coefficient (Wildman–Crippen LogP) is -1.77. The van der Waals surface area contributed by atoms with Gasteiger partial charge in [-0.2, -0.15) is 0 Å². The van der Waals surface area contributed by atoms with Crippen molar-refractivity contribution in [3.63, 3.8) is 0 Å². The topological polar surface area (TPSA) is 79.5 Å². The zero-order valence-corrected chi connectivity index (χ0v) is 9.00. The van der Waals surface area contributed by atoms with E-state index >= 15 is 0 Å². The molecule has 2 unspecified atom stereocenters. The van der Waals surface area contributed by atoms with Gasteiger partial charge in [0, 0.05) is 20.1 Å². The first kappa shape index (κ1) is 11.9. The fraction of sp³-hybridized carbons (Fsp3) is 0.778. The fourth-order valence-electron chi connectivity index (χ4n) is 1.32. The number of likely N-dealkylation sites (N-methyl/N-ethyl adjacent to an activating group) is 1. The quantitative estimate of drug-likeness (QED) is 0.520. The van der Waals surface area contributed by atoms with Crippen molar-refractivity contribution in [3.8, 4) is 0 Å². The SMILES string of the molecule is CNC(=O)C(C)NC(=O)C1CNCCO1. The van der Waals surface area contributed by atoms with Gasteiger partial charge in [-0.1, -0.05) is 0 Å². The van der Waals surface area contributed by atoms with Gasteiger partial charge in [0.25, 0.3) is 5.91 Å². The third kappa shape index (κ3) is 3.49. The van der Waals surface area contributed by atoms with E-state index in [1.54, 1.807) is 6.92 Å². The molecule has 1 aliphatic rings. The Morgan fingerprint density at radius 3 is 2.80 bits per heavy atom. The number of rotatable bonds is 3. The van der Waals surface area contributed by atoms with Crippen LogP contribution in [0.1, 0.15) is 6.92 Å². The van der Waals surface area contributed by atoms with Crippen molar-refractivity contribution in [2.45, 2.75) is 19.1 Å². The Kier molecular flexibility index (Phi) is 4.51. The standard InChI is InChI=1S/C9H17N3O3/c1-6(8(13)10-2)12-9(14)7-5-11-3-4-15-7/h6-7,11H,3-5H2,1-2H3,(H,10,13)(H,12,14). The molecule has 1 aliphatic heterocycles. The minimum Gasteiger partial charge on any atom is -0.366 e. The Morgan fingerprint density at radius 2 is 2.27 bits per heavy atom. The highest BCUT2D eigenvalue weighted by Gasteiger charge is 2.24. The molecule has 2 atom stereocenters. The lowest BCUT2D eigenvalue weighted by Gasteiger charge is -2.24. The van der Waals surface area contributed by atoms with E-state index in [-0.39, 0.29) is 11.8 Å². The van der Waals surface area contributed by atoms with Gasteiger partial charge < -0.3 is 20.7 Å². The van der Waals surface area contributed by atoms with Crippen LogP contribution in [0.3, 0.4) is 0 Å². The maximum atomic E-state index is 11.6. The molecule has 15 heavy (non-hydrogen) atoms. The maximum absolute atomic E-state index is 11.6. The van der Waals surface area contributed by atoms with Crippen molar-refractivity contribution >= 4 is 11.8 Å². The molecule has 2 amide bonds. The van der Waals surface area contributed by atoms with Crippen molar-refractivity contribution in [3.05, 3.63) is 0 Å². The summed E-state index contributed by atoms with van der Waals surface area (Å²) in [6, 6.07) is -0.534. The summed E-state index contributed by atoms with van der Waals surface area (Å²) in [6.07, 6.45) is -0.495. The average molecular weight is 215 g/mol. The first-order valence-corrected chi connectivity index (χ1v) is 4.99. The summed E-state index contributed by atoms with van der Waals surface area (Å²) in [7, 11) is 1.53. The second-order valence-corrected chi connectivity index (χ2v) is 3.41. The lowest BCUT2D eigenvalue weighted by molar-refractivity contribution is -0.137. The van der Waals surface area contributed by atoms with Crippen LogP contribution < -0.4 is 16.0 Å². The van der Waals surface area contributed by atoms with E-state index in [4.69, 9.17) is 4.74 Å². The summed E-state index contributed by atoms with van der Waals surface area (Å²) in [5, 5.41) is 8.09. The first-order valence-electron chi connectivity index (χ1n) is 4.99. The molecule has 0 aromatic carbocycles.